The molecule has 2 unspecified atom stereocenters. The first-order chi connectivity index (χ1) is 9.56. The van der Waals surface area contributed by atoms with E-state index in [0.717, 1.165) is 24.8 Å². The van der Waals surface area contributed by atoms with Gasteiger partial charge >= 0.3 is 0 Å². The molecule has 3 rings (SSSR count). The maximum atomic E-state index is 12.6. The number of nitrogens with zero attached hydrogens (tertiary/aromatic N) is 1. The van der Waals surface area contributed by atoms with Crippen molar-refractivity contribution in [3.8, 4) is 0 Å². The van der Waals surface area contributed by atoms with Crippen molar-refractivity contribution in [1.29, 1.82) is 0 Å². The molecule has 1 aliphatic heterocycles. The smallest absolute Gasteiger partial charge is 0.218 e. The van der Waals surface area contributed by atoms with E-state index in [0.29, 0.717) is 18.8 Å². The molecule has 2 aliphatic rings. The zero-order valence-electron chi connectivity index (χ0n) is 11.4. The summed E-state index contributed by atoms with van der Waals surface area (Å²) in [5.74, 6) is 0.0382. The van der Waals surface area contributed by atoms with Crippen LogP contribution in [0, 0.1) is 0 Å². The Hall–Kier alpha value is -1.11. The highest BCUT2D eigenvalue weighted by atomic mass is 32.2. The zero-order chi connectivity index (χ0) is 14.2. The summed E-state index contributed by atoms with van der Waals surface area (Å²) in [5, 5.41) is 0. The van der Waals surface area contributed by atoms with E-state index in [1.807, 2.05) is 0 Å². The lowest BCUT2D eigenvalue weighted by Crippen LogP contribution is -2.51. The summed E-state index contributed by atoms with van der Waals surface area (Å²) in [5.41, 5.74) is 7.05. The molecule has 5 nitrogen and oxygen atoms in total. The van der Waals surface area contributed by atoms with E-state index < -0.39 is 10.0 Å². The topological polar surface area (TPSA) is 72.6 Å². The van der Waals surface area contributed by atoms with Gasteiger partial charge in [-0.1, -0.05) is 12.1 Å². The van der Waals surface area contributed by atoms with Crippen LogP contribution in [-0.2, 0) is 20.5 Å². The molecule has 0 bridgehead atoms. The molecule has 1 aromatic rings. The molecule has 1 saturated heterocycles. The van der Waals surface area contributed by atoms with Gasteiger partial charge in [-0.2, -0.15) is 4.31 Å². The Kier molecular flexibility index (Phi) is 3.70. The highest BCUT2D eigenvalue weighted by Crippen LogP contribution is 2.32. The van der Waals surface area contributed by atoms with Gasteiger partial charge in [0.15, 0.2) is 0 Å². The Morgan fingerprint density at radius 3 is 2.75 bits per heavy atom. The van der Waals surface area contributed by atoms with Crippen LogP contribution in [0.15, 0.2) is 24.3 Å². The fourth-order valence-corrected chi connectivity index (χ4v) is 4.93. The first kappa shape index (κ1) is 13.9. The molecule has 1 aromatic carbocycles. The molecule has 0 spiro atoms. The van der Waals surface area contributed by atoms with Crippen LogP contribution in [0.25, 0.3) is 0 Å². The zero-order valence-corrected chi connectivity index (χ0v) is 12.2. The molecule has 0 aromatic heterocycles. The Morgan fingerprint density at radius 2 is 2.00 bits per heavy atom. The number of nitrogen functional groups attached to an aromatic ring is 1. The number of morpholine rings is 1. The summed E-state index contributed by atoms with van der Waals surface area (Å²) in [6.45, 7) is 0.973. The molecule has 0 amide bonds. The van der Waals surface area contributed by atoms with Crippen LogP contribution in [0.1, 0.15) is 24.8 Å². The minimum absolute atomic E-state index is 0.0301. The fourth-order valence-electron chi connectivity index (χ4n) is 3.14. The molecule has 2 N–H and O–H groups in total. The van der Waals surface area contributed by atoms with Crippen LogP contribution in [0.5, 0.6) is 0 Å². The van der Waals surface area contributed by atoms with Crippen molar-refractivity contribution in [3.63, 3.8) is 0 Å². The largest absolute Gasteiger partial charge is 0.399 e. The van der Waals surface area contributed by atoms with Crippen molar-refractivity contribution < 1.29 is 13.2 Å². The third-order valence-electron chi connectivity index (χ3n) is 4.12. The van der Waals surface area contributed by atoms with Gasteiger partial charge in [0.05, 0.1) is 24.5 Å². The Morgan fingerprint density at radius 1 is 1.25 bits per heavy atom. The van der Waals surface area contributed by atoms with Crippen molar-refractivity contribution in [2.45, 2.75) is 37.2 Å². The van der Waals surface area contributed by atoms with E-state index in [4.69, 9.17) is 10.5 Å². The summed E-state index contributed by atoms with van der Waals surface area (Å²) in [4.78, 5) is 0. The predicted octanol–water partition coefficient (Wildman–Crippen LogP) is 1.35. The molecule has 1 heterocycles. The number of hydrogen-bond acceptors (Lipinski definition) is 4. The molecular weight excluding hydrogens is 276 g/mol. The first-order valence-corrected chi connectivity index (χ1v) is 8.63. The highest BCUT2D eigenvalue weighted by Gasteiger charge is 2.41. The molecule has 20 heavy (non-hydrogen) atoms. The molecule has 1 aliphatic carbocycles. The minimum Gasteiger partial charge on any atom is -0.399 e. The number of fused-ring (bicyclic) bond motifs is 1. The second-order valence-electron chi connectivity index (χ2n) is 5.52. The van der Waals surface area contributed by atoms with Crippen LogP contribution in [0.4, 0.5) is 5.69 Å². The van der Waals surface area contributed by atoms with Gasteiger partial charge in [0.25, 0.3) is 0 Å². The highest BCUT2D eigenvalue weighted by molar-refractivity contribution is 7.88. The molecule has 6 heteroatoms. The monoisotopic (exact) mass is 296 g/mol. The van der Waals surface area contributed by atoms with Gasteiger partial charge in [-0.05, 0) is 37.0 Å². The lowest BCUT2D eigenvalue weighted by atomic mass is 10.2. The maximum Gasteiger partial charge on any atom is 0.218 e. The number of hydrogen-bond donors (Lipinski definition) is 1. The van der Waals surface area contributed by atoms with Crippen molar-refractivity contribution in [2.75, 3.05) is 18.9 Å². The summed E-state index contributed by atoms with van der Waals surface area (Å²) in [6.07, 6.45) is 3.01. The van der Waals surface area contributed by atoms with Gasteiger partial charge in [0.1, 0.15) is 0 Å². The second kappa shape index (κ2) is 5.35. The Labute approximate surface area is 119 Å². The summed E-state index contributed by atoms with van der Waals surface area (Å²) in [6, 6.07) is 7.06. The van der Waals surface area contributed by atoms with Gasteiger partial charge in [-0.15, -0.1) is 0 Å². The standard InChI is InChI=1S/C14H20N2O3S/c15-12-6-4-11(5-7-12)10-20(17,18)16-8-9-19-14-3-1-2-13(14)16/h4-7,13-14H,1-3,8-10,15H2. The molecule has 2 fully saturated rings. The van der Waals surface area contributed by atoms with Gasteiger partial charge in [0, 0.05) is 12.2 Å². The minimum atomic E-state index is -3.29. The van der Waals surface area contributed by atoms with Crippen LogP contribution in [-0.4, -0.2) is 38.0 Å². The van der Waals surface area contributed by atoms with Gasteiger partial charge in [-0.3, -0.25) is 0 Å². The quantitative estimate of drug-likeness (QED) is 0.855. The normalized spacial score (nSPS) is 27.4. The van der Waals surface area contributed by atoms with Gasteiger partial charge in [-0.25, -0.2) is 8.42 Å². The van der Waals surface area contributed by atoms with E-state index in [9.17, 15) is 8.42 Å². The molecule has 110 valence electrons. The predicted molar refractivity (Wildman–Crippen MR) is 77.6 cm³/mol. The Bertz CT molecular complexity index is 571. The van der Waals surface area contributed by atoms with E-state index in [1.54, 1.807) is 28.6 Å². The molecule has 0 radical (unpaired) electrons. The van der Waals surface area contributed by atoms with Crippen molar-refractivity contribution in [1.82, 2.24) is 4.31 Å². The van der Waals surface area contributed by atoms with Gasteiger partial charge < -0.3 is 10.5 Å². The number of sulfonamides is 1. The SMILES string of the molecule is Nc1ccc(CS(=O)(=O)N2CCOC3CCCC32)cc1. The Balaban J connectivity index is 1.78. The summed E-state index contributed by atoms with van der Waals surface area (Å²) >= 11 is 0. The summed E-state index contributed by atoms with van der Waals surface area (Å²) < 4.78 is 32.6. The number of anilines is 1. The number of nitrogens with two attached hydrogens (primary N) is 1. The van der Waals surface area contributed by atoms with E-state index in [1.165, 1.54) is 0 Å². The maximum absolute atomic E-state index is 12.6. The first-order valence-electron chi connectivity index (χ1n) is 7.02. The number of benzene rings is 1. The van der Waals surface area contributed by atoms with Crippen LogP contribution in [0.2, 0.25) is 0 Å². The lowest BCUT2D eigenvalue weighted by Gasteiger charge is -2.36. The van der Waals surface area contributed by atoms with Crippen molar-refractivity contribution >= 4 is 15.7 Å². The van der Waals surface area contributed by atoms with Gasteiger partial charge in [0.2, 0.25) is 10.0 Å². The van der Waals surface area contributed by atoms with E-state index >= 15 is 0 Å². The average molecular weight is 296 g/mol. The summed E-state index contributed by atoms with van der Waals surface area (Å²) in [7, 11) is -3.29. The van der Waals surface area contributed by atoms with E-state index in [-0.39, 0.29) is 17.9 Å². The van der Waals surface area contributed by atoms with Crippen molar-refractivity contribution in [2.24, 2.45) is 0 Å². The van der Waals surface area contributed by atoms with Crippen LogP contribution >= 0.6 is 0 Å². The molecule has 1 saturated carbocycles. The average Bonchev–Trinajstić information content (AvgIpc) is 2.89. The van der Waals surface area contributed by atoms with E-state index in [2.05, 4.69) is 0 Å². The molecule has 2 atom stereocenters. The van der Waals surface area contributed by atoms with Crippen molar-refractivity contribution in [3.05, 3.63) is 29.8 Å². The third kappa shape index (κ3) is 2.68. The third-order valence-corrected chi connectivity index (χ3v) is 5.98. The molecular formula is C14H20N2O3S. The van der Waals surface area contributed by atoms with Crippen LogP contribution in [0.3, 0.4) is 0 Å². The second-order valence-corrected chi connectivity index (χ2v) is 7.44. The number of ether oxygens (including phenoxy) is 1. The lowest BCUT2D eigenvalue weighted by molar-refractivity contribution is -0.0242. The number of rotatable bonds is 3. The fraction of sp³-hybridized carbons (Fsp3) is 0.571. The van der Waals surface area contributed by atoms with Crippen LogP contribution < -0.4 is 5.73 Å².